The number of thiophene rings is 1. The van der Waals surface area contributed by atoms with Crippen LogP contribution in [0.3, 0.4) is 0 Å². The minimum atomic E-state index is -0.432. The first kappa shape index (κ1) is 24.4. The standard InChI is InChI=1S/C24H20BrClN4O2S2/c1-14-19(15-8-4-3-5-9-15)20(23(31)32-2)22(34-14)28-24(33)27-21-17(25)13-30(29-21)12-16-10-6-7-11-18(16)26/h3-11,13H,12H2,1-2H3,(H2,27,28,29,33). The Kier molecular flexibility index (Phi) is 7.67. The largest absolute Gasteiger partial charge is 0.465 e. The number of anilines is 2. The molecule has 6 nitrogen and oxygen atoms in total. The molecular formula is C24H20BrClN4O2S2. The molecule has 2 aromatic heterocycles. The highest BCUT2D eigenvalue weighted by atomic mass is 79.9. The number of methoxy groups -OCH3 is 1. The predicted octanol–water partition coefficient (Wildman–Crippen LogP) is 6.98. The Morgan fingerprint density at radius 3 is 2.59 bits per heavy atom. The number of esters is 1. The van der Waals surface area contributed by atoms with Gasteiger partial charge in [-0.05, 0) is 52.3 Å². The number of thiocarbonyl (C=S) groups is 1. The minimum Gasteiger partial charge on any atom is -0.465 e. The van der Waals surface area contributed by atoms with Gasteiger partial charge in [0, 0.05) is 21.7 Å². The van der Waals surface area contributed by atoms with Crippen LogP contribution in [0.15, 0.2) is 65.3 Å². The van der Waals surface area contributed by atoms with Crippen molar-refractivity contribution in [3.05, 3.63) is 86.3 Å². The number of benzene rings is 2. The summed E-state index contributed by atoms with van der Waals surface area (Å²) in [5, 5.41) is 12.4. The van der Waals surface area contributed by atoms with Crippen molar-refractivity contribution in [3.63, 3.8) is 0 Å². The third-order valence-corrected chi connectivity index (χ3v) is 7.18. The SMILES string of the molecule is COC(=O)c1c(NC(=S)Nc2nn(Cc3ccccc3Cl)cc2Br)sc(C)c1-c1ccccc1. The maximum atomic E-state index is 12.7. The summed E-state index contributed by atoms with van der Waals surface area (Å²) in [6, 6.07) is 17.4. The molecule has 0 unspecified atom stereocenters. The molecular weight excluding hydrogens is 556 g/mol. The number of rotatable bonds is 6. The molecule has 0 amide bonds. The van der Waals surface area contributed by atoms with Crippen LogP contribution in [0, 0.1) is 6.92 Å². The molecule has 0 bridgehead atoms. The van der Waals surface area contributed by atoms with Crippen LogP contribution in [0.2, 0.25) is 5.02 Å². The highest BCUT2D eigenvalue weighted by Gasteiger charge is 2.24. The van der Waals surface area contributed by atoms with Crippen LogP contribution in [-0.4, -0.2) is 28.0 Å². The Morgan fingerprint density at radius 2 is 1.88 bits per heavy atom. The second-order valence-corrected chi connectivity index (χ2v) is 10.2. The summed E-state index contributed by atoms with van der Waals surface area (Å²) >= 11 is 16.8. The molecule has 2 heterocycles. The second-order valence-electron chi connectivity index (χ2n) is 7.29. The lowest BCUT2D eigenvalue weighted by Crippen LogP contribution is -2.20. The smallest absolute Gasteiger partial charge is 0.341 e. The number of nitrogens with one attached hydrogen (secondary N) is 2. The lowest BCUT2D eigenvalue weighted by Gasteiger charge is -2.10. The van der Waals surface area contributed by atoms with E-state index in [4.69, 9.17) is 28.6 Å². The van der Waals surface area contributed by atoms with Gasteiger partial charge in [0.05, 0.1) is 18.1 Å². The maximum Gasteiger partial charge on any atom is 0.341 e. The fourth-order valence-electron chi connectivity index (χ4n) is 3.49. The van der Waals surface area contributed by atoms with Gasteiger partial charge in [0.1, 0.15) is 10.6 Å². The van der Waals surface area contributed by atoms with E-state index in [1.807, 2.05) is 67.7 Å². The first-order valence-corrected chi connectivity index (χ1v) is 12.6. The maximum absolute atomic E-state index is 12.7. The number of aromatic nitrogens is 2. The normalized spacial score (nSPS) is 10.7. The quantitative estimate of drug-likeness (QED) is 0.191. The van der Waals surface area contributed by atoms with Gasteiger partial charge in [-0.3, -0.25) is 4.68 Å². The molecule has 0 saturated carbocycles. The second kappa shape index (κ2) is 10.7. The fourth-order valence-corrected chi connectivity index (χ4v) is 5.43. The van der Waals surface area contributed by atoms with E-state index >= 15 is 0 Å². The van der Waals surface area contributed by atoms with Gasteiger partial charge in [0.15, 0.2) is 10.9 Å². The van der Waals surface area contributed by atoms with Crippen LogP contribution in [-0.2, 0) is 11.3 Å². The lowest BCUT2D eigenvalue weighted by atomic mass is 10.0. The number of aryl methyl sites for hydroxylation is 1. The molecule has 0 saturated heterocycles. The Labute approximate surface area is 220 Å². The Bertz CT molecular complexity index is 1350. The average Bonchev–Trinajstić information content (AvgIpc) is 3.33. The van der Waals surface area contributed by atoms with Crippen molar-refractivity contribution in [3.8, 4) is 11.1 Å². The van der Waals surface area contributed by atoms with E-state index in [1.54, 1.807) is 4.68 Å². The van der Waals surface area contributed by atoms with Crippen molar-refractivity contribution in [1.29, 1.82) is 0 Å². The van der Waals surface area contributed by atoms with Crippen molar-refractivity contribution in [1.82, 2.24) is 9.78 Å². The topological polar surface area (TPSA) is 68.2 Å². The van der Waals surface area contributed by atoms with Gasteiger partial charge in [-0.2, -0.15) is 5.10 Å². The molecule has 10 heteroatoms. The third kappa shape index (κ3) is 5.33. The number of ether oxygens (including phenoxy) is 1. The van der Waals surface area contributed by atoms with Gasteiger partial charge < -0.3 is 15.4 Å². The van der Waals surface area contributed by atoms with Gasteiger partial charge in [0.25, 0.3) is 0 Å². The van der Waals surface area contributed by atoms with E-state index < -0.39 is 5.97 Å². The summed E-state index contributed by atoms with van der Waals surface area (Å²) in [5.74, 6) is 0.111. The van der Waals surface area contributed by atoms with Crippen LogP contribution in [0.25, 0.3) is 11.1 Å². The molecule has 0 aliphatic heterocycles. The molecule has 0 fully saturated rings. The number of nitrogens with zero attached hydrogens (tertiary/aromatic N) is 2. The summed E-state index contributed by atoms with van der Waals surface area (Å²) in [4.78, 5) is 13.7. The Morgan fingerprint density at radius 1 is 1.18 bits per heavy atom. The summed E-state index contributed by atoms with van der Waals surface area (Å²) in [5.41, 5.74) is 3.16. The average molecular weight is 576 g/mol. The highest BCUT2D eigenvalue weighted by molar-refractivity contribution is 9.10. The minimum absolute atomic E-state index is 0.301. The molecule has 4 aromatic rings. The summed E-state index contributed by atoms with van der Waals surface area (Å²) in [6.07, 6.45) is 1.84. The molecule has 0 atom stereocenters. The van der Waals surface area contributed by atoms with Crippen LogP contribution in [0.1, 0.15) is 20.8 Å². The summed E-state index contributed by atoms with van der Waals surface area (Å²) in [6.45, 7) is 2.48. The molecule has 4 rings (SSSR count). The number of carbonyl (C=O) groups excluding carboxylic acids is 1. The number of carbonyl (C=O) groups is 1. The number of halogens is 2. The van der Waals surface area contributed by atoms with E-state index in [1.165, 1.54) is 18.4 Å². The third-order valence-electron chi connectivity index (χ3n) is 5.00. The van der Waals surface area contributed by atoms with Crippen molar-refractivity contribution in [2.75, 3.05) is 17.7 Å². The molecule has 0 aliphatic carbocycles. The van der Waals surface area contributed by atoms with Gasteiger partial charge in [-0.15, -0.1) is 11.3 Å². The fraction of sp³-hybridized carbons (Fsp3) is 0.125. The first-order chi connectivity index (χ1) is 16.4. The van der Waals surface area contributed by atoms with Crippen LogP contribution >= 0.6 is 51.1 Å². The zero-order valence-corrected chi connectivity index (χ0v) is 22.2. The van der Waals surface area contributed by atoms with Gasteiger partial charge >= 0.3 is 5.97 Å². The Hall–Kier alpha value is -2.72. The zero-order chi connectivity index (χ0) is 24.2. The summed E-state index contributed by atoms with van der Waals surface area (Å²) < 4.78 is 7.57. The highest BCUT2D eigenvalue weighted by Crippen LogP contribution is 2.40. The van der Waals surface area contributed by atoms with Gasteiger partial charge in [-0.25, -0.2) is 4.79 Å². The monoisotopic (exact) mass is 574 g/mol. The number of hydrogen-bond donors (Lipinski definition) is 2. The lowest BCUT2D eigenvalue weighted by molar-refractivity contribution is 0.0603. The van der Waals surface area contributed by atoms with E-state index in [0.717, 1.165) is 26.0 Å². The molecule has 2 N–H and O–H groups in total. The van der Waals surface area contributed by atoms with Gasteiger partial charge in [0.2, 0.25) is 0 Å². The van der Waals surface area contributed by atoms with Crippen molar-refractivity contribution in [2.24, 2.45) is 0 Å². The zero-order valence-electron chi connectivity index (χ0n) is 18.3. The van der Waals surface area contributed by atoms with E-state index in [2.05, 4.69) is 31.7 Å². The Balaban J connectivity index is 1.55. The number of hydrogen-bond acceptors (Lipinski definition) is 5. The van der Waals surface area contributed by atoms with Crippen molar-refractivity contribution >= 4 is 73.0 Å². The molecule has 2 aromatic carbocycles. The van der Waals surface area contributed by atoms with E-state index in [-0.39, 0.29) is 0 Å². The van der Waals surface area contributed by atoms with E-state index in [9.17, 15) is 4.79 Å². The molecule has 0 spiro atoms. The van der Waals surface area contributed by atoms with E-state index in [0.29, 0.717) is 33.1 Å². The van der Waals surface area contributed by atoms with Gasteiger partial charge in [-0.1, -0.05) is 60.1 Å². The molecule has 34 heavy (non-hydrogen) atoms. The van der Waals surface area contributed by atoms with Crippen molar-refractivity contribution < 1.29 is 9.53 Å². The summed E-state index contributed by atoms with van der Waals surface area (Å²) in [7, 11) is 1.37. The van der Waals surface area contributed by atoms with Crippen LogP contribution in [0.4, 0.5) is 10.8 Å². The molecule has 0 aliphatic rings. The first-order valence-electron chi connectivity index (χ1n) is 10.2. The molecule has 0 radical (unpaired) electrons. The van der Waals surface area contributed by atoms with Crippen LogP contribution < -0.4 is 10.6 Å². The predicted molar refractivity (Wildman–Crippen MR) is 146 cm³/mol. The molecule has 174 valence electrons. The van der Waals surface area contributed by atoms with Crippen LogP contribution in [0.5, 0.6) is 0 Å². The van der Waals surface area contributed by atoms with Crippen molar-refractivity contribution in [2.45, 2.75) is 13.5 Å².